The molecule has 2 heterocycles. The van der Waals surface area contributed by atoms with Gasteiger partial charge in [-0.3, -0.25) is 24.1 Å². The minimum absolute atomic E-state index is 0.0306. The molecule has 4 amide bonds. The molecule has 0 aromatic heterocycles. The zero-order valence-corrected chi connectivity index (χ0v) is 17.3. The highest BCUT2D eigenvalue weighted by atomic mass is 16.3. The molecule has 0 spiro atoms. The van der Waals surface area contributed by atoms with Gasteiger partial charge in [0.25, 0.3) is 17.7 Å². The summed E-state index contributed by atoms with van der Waals surface area (Å²) < 4.78 is 0. The van der Waals surface area contributed by atoms with E-state index < -0.39 is 5.91 Å². The van der Waals surface area contributed by atoms with Gasteiger partial charge in [0.15, 0.2) is 0 Å². The van der Waals surface area contributed by atoms with Crippen LogP contribution in [-0.4, -0.2) is 69.3 Å². The van der Waals surface area contributed by atoms with Crippen molar-refractivity contribution in [1.29, 1.82) is 0 Å². The number of nitrogens with zero attached hydrogens (tertiary/aromatic N) is 2. The third-order valence-corrected chi connectivity index (χ3v) is 5.78. The molecule has 2 aliphatic rings. The molecule has 0 saturated carbocycles. The first-order chi connectivity index (χ1) is 15.3. The van der Waals surface area contributed by atoms with E-state index in [4.69, 9.17) is 0 Å². The number of hydrogen-bond acceptors (Lipinski definition) is 6. The minimum atomic E-state index is -0.411. The van der Waals surface area contributed by atoms with Crippen molar-refractivity contribution in [1.82, 2.24) is 15.1 Å². The smallest absolute Gasteiger partial charge is 0.261 e. The number of nitrogens with one attached hydrogen (secondary N) is 1. The topological polar surface area (TPSA) is 127 Å². The maximum atomic E-state index is 12.6. The lowest BCUT2D eigenvalue weighted by molar-refractivity contribution is -0.132. The second-order valence-corrected chi connectivity index (χ2v) is 7.92. The third-order valence-electron chi connectivity index (χ3n) is 5.78. The summed E-state index contributed by atoms with van der Waals surface area (Å²) in [6.07, 6.45) is 1.15. The van der Waals surface area contributed by atoms with Crippen molar-refractivity contribution in [3.8, 4) is 11.5 Å². The number of hydrogen-bond donors (Lipinski definition) is 3. The maximum Gasteiger partial charge on any atom is 0.261 e. The highest BCUT2D eigenvalue weighted by Gasteiger charge is 2.35. The van der Waals surface area contributed by atoms with Gasteiger partial charge in [-0.1, -0.05) is 12.1 Å². The fourth-order valence-electron chi connectivity index (χ4n) is 4.08. The van der Waals surface area contributed by atoms with Crippen molar-refractivity contribution in [3.63, 3.8) is 0 Å². The number of aromatic hydroxyl groups is 2. The number of piperidine rings is 1. The van der Waals surface area contributed by atoms with Crippen molar-refractivity contribution in [2.75, 3.05) is 19.6 Å². The molecule has 0 aliphatic carbocycles. The molecular formula is C23H23N3O6. The van der Waals surface area contributed by atoms with E-state index in [-0.39, 0.29) is 53.8 Å². The van der Waals surface area contributed by atoms with Crippen LogP contribution < -0.4 is 5.32 Å². The van der Waals surface area contributed by atoms with E-state index in [2.05, 4.69) is 5.32 Å². The zero-order valence-electron chi connectivity index (χ0n) is 17.3. The Morgan fingerprint density at radius 2 is 1.50 bits per heavy atom. The Hall–Kier alpha value is -3.88. The number of fused-ring (bicyclic) bond motifs is 1. The van der Waals surface area contributed by atoms with Crippen LogP contribution in [0, 0.1) is 0 Å². The lowest BCUT2D eigenvalue weighted by Gasteiger charge is -2.32. The van der Waals surface area contributed by atoms with Crippen LogP contribution in [0.2, 0.25) is 0 Å². The normalized spacial score (nSPS) is 16.2. The second kappa shape index (κ2) is 8.70. The fraction of sp³-hybridized carbons (Fsp3) is 0.304. The van der Waals surface area contributed by atoms with Crippen molar-refractivity contribution in [2.24, 2.45) is 0 Å². The van der Waals surface area contributed by atoms with Gasteiger partial charge in [-0.05, 0) is 37.1 Å². The summed E-state index contributed by atoms with van der Waals surface area (Å²) in [5.74, 6) is -1.71. The molecule has 32 heavy (non-hydrogen) atoms. The Morgan fingerprint density at radius 3 is 2.06 bits per heavy atom. The van der Waals surface area contributed by atoms with Gasteiger partial charge in [-0.25, -0.2) is 0 Å². The van der Waals surface area contributed by atoms with Gasteiger partial charge >= 0.3 is 0 Å². The Balaban J connectivity index is 1.26. The first-order valence-corrected chi connectivity index (χ1v) is 10.4. The van der Waals surface area contributed by atoms with Gasteiger partial charge in [-0.2, -0.15) is 0 Å². The molecule has 0 bridgehead atoms. The molecular weight excluding hydrogens is 414 g/mol. The number of amides is 4. The highest BCUT2D eigenvalue weighted by Crippen LogP contribution is 2.23. The number of phenolic OH excluding ortho intramolecular Hbond substituents is 2. The molecule has 9 nitrogen and oxygen atoms in total. The van der Waals surface area contributed by atoms with Gasteiger partial charge in [-0.15, -0.1) is 0 Å². The van der Waals surface area contributed by atoms with Crippen LogP contribution in [0.15, 0.2) is 42.5 Å². The number of likely N-dealkylation sites (tertiary alicyclic amines) is 1. The lowest BCUT2D eigenvalue weighted by atomic mass is 10.0. The summed E-state index contributed by atoms with van der Waals surface area (Å²) in [6, 6.07) is 10.1. The fourth-order valence-corrected chi connectivity index (χ4v) is 4.08. The third kappa shape index (κ3) is 4.27. The SMILES string of the molecule is O=C(NC1CCN(C(=O)CCN2C(=O)c3ccccc3C2=O)CC1)c1cc(O)cc(O)c1. The van der Waals surface area contributed by atoms with E-state index in [0.717, 1.165) is 11.0 Å². The molecule has 166 valence electrons. The average molecular weight is 437 g/mol. The molecule has 0 radical (unpaired) electrons. The van der Waals surface area contributed by atoms with E-state index in [1.165, 1.54) is 12.1 Å². The number of carbonyl (C=O) groups excluding carboxylic acids is 4. The van der Waals surface area contributed by atoms with Crippen LogP contribution >= 0.6 is 0 Å². The summed E-state index contributed by atoms with van der Waals surface area (Å²) in [5.41, 5.74) is 0.880. The van der Waals surface area contributed by atoms with Gasteiger partial charge in [0, 0.05) is 43.7 Å². The van der Waals surface area contributed by atoms with Crippen molar-refractivity contribution >= 4 is 23.6 Å². The molecule has 2 aromatic carbocycles. The summed E-state index contributed by atoms with van der Waals surface area (Å²) in [5, 5.41) is 21.9. The summed E-state index contributed by atoms with van der Waals surface area (Å²) in [4.78, 5) is 52.6. The second-order valence-electron chi connectivity index (χ2n) is 7.92. The predicted octanol–water partition coefficient (Wildman–Crippen LogP) is 1.50. The van der Waals surface area contributed by atoms with Crippen LogP contribution in [0.1, 0.15) is 50.3 Å². The van der Waals surface area contributed by atoms with Crippen LogP contribution in [0.5, 0.6) is 11.5 Å². The van der Waals surface area contributed by atoms with Crippen LogP contribution in [0.4, 0.5) is 0 Å². The summed E-state index contributed by atoms with van der Waals surface area (Å²) >= 11 is 0. The molecule has 0 unspecified atom stereocenters. The summed E-state index contributed by atoms with van der Waals surface area (Å²) in [7, 11) is 0. The zero-order chi connectivity index (χ0) is 22.8. The van der Waals surface area contributed by atoms with Crippen molar-refractivity contribution in [3.05, 3.63) is 59.2 Å². The molecule has 3 N–H and O–H groups in total. The average Bonchev–Trinajstić information content (AvgIpc) is 3.02. The van der Waals surface area contributed by atoms with E-state index in [1.54, 1.807) is 29.2 Å². The molecule has 2 aromatic rings. The van der Waals surface area contributed by atoms with E-state index in [0.29, 0.717) is 37.1 Å². The largest absolute Gasteiger partial charge is 0.508 e. The van der Waals surface area contributed by atoms with Crippen LogP contribution in [-0.2, 0) is 4.79 Å². The standard InChI is InChI=1S/C23H23N3O6/c27-16-11-14(12-17(28)13-16)21(30)24-15-5-8-25(9-6-15)20(29)7-10-26-22(31)18-3-1-2-4-19(18)23(26)32/h1-4,11-13,15,27-28H,5-10H2,(H,24,30). The first-order valence-electron chi connectivity index (χ1n) is 10.4. The molecule has 2 aliphatic heterocycles. The highest BCUT2D eigenvalue weighted by molar-refractivity contribution is 6.21. The van der Waals surface area contributed by atoms with Gasteiger partial charge in [0.05, 0.1) is 11.1 Å². The molecule has 9 heteroatoms. The Bertz CT molecular complexity index is 1040. The van der Waals surface area contributed by atoms with Crippen molar-refractivity contribution in [2.45, 2.75) is 25.3 Å². The maximum absolute atomic E-state index is 12.6. The molecule has 0 atom stereocenters. The quantitative estimate of drug-likeness (QED) is 0.609. The van der Waals surface area contributed by atoms with Gasteiger partial charge in [0.1, 0.15) is 11.5 Å². The number of carbonyl (C=O) groups is 4. The van der Waals surface area contributed by atoms with Crippen LogP contribution in [0.3, 0.4) is 0 Å². The number of benzene rings is 2. The van der Waals surface area contributed by atoms with Crippen LogP contribution in [0.25, 0.3) is 0 Å². The Morgan fingerprint density at radius 1 is 0.938 bits per heavy atom. The monoisotopic (exact) mass is 437 g/mol. The predicted molar refractivity (Wildman–Crippen MR) is 113 cm³/mol. The molecule has 1 fully saturated rings. The van der Waals surface area contributed by atoms with E-state index >= 15 is 0 Å². The molecule has 4 rings (SSSR count). The lowest BCUT2D eigenvalue weighted by Crippen LogP contribution is -2.47. The summed E-state index contributed by atoms with van der Waals surface area (Å²) in [6.45, 7) is 0.914. The molecule has 1 saturated heterocycles. The van der Waals surface area contributed by atoms with Crippen molar-refractivity contribution < 1.29 is 29.4 Å². The Labute approximate surface area is 184 Å². The van der Waals surface area contributed by atoms with E-state index in [9.17, 15) is 29.4 Å². The number of imide groups is 1. The number of phenols is 2. The van der Waals surface area contributed by atoms with Gasteiger partial charge in [0.2, 0.25) is 5.91 Å². The van der Waals surface area contributed by atoms with E-state index in [1.807, 2.05) is 0 Å². The Kier molecular flexibility index (Phi) is 5.81. The first kappa shape index (κ1) is 21.4. The minimum Gasteiger partial charge on any atom is -0.508 e. The number of rotatable bonds is 5. The van der Waals surface area contributed by atoms with Gasteiger partial charge < -0.3 is 20.4 Å².